The molecule has 0 bridgehead atoms. The fraction of sp³-hybridized carbons (Fsp3) is 0.467. The molecule has 0 radical (unpaired) electrons. The summed E-state index contributed by atoms with van der Waals surface area (Å²) in [7, 11) is 0. The van der Waals surface area contributed by atoms with Crippen molar-refractivity contribution in [1.82, 2.24) is 0 Å². The number of nitroso groups, excluding NO2 is 1. The van der Waals surface area contributed by atoms with Crippen LogP contribution in [-0.4, -0.2) is 10.8 Å². The van der Waals surface area contributed by atoms with E-state index in [0.29, 0.717) is 0 Å². The van der Waals surface area contributed by atoms with Gasteiger partial charge in [0.15, 0.2) is 0 Å². The Morgan fingerprint density at radius 2 is 1.82 bits per heavy atom. The van der Waals surface area contributed by atoms with E-state index in [4.69, 9.17) is 0 Å². The van der Waals surface area contributed by atoms with Crippen LogP contribution >= 0.6 is 0 Å². The van der Waals surface area contributed by atoms with Gasteiger partial charge in [-0.2, -0.15) is 0 Å². The van der Waals surface area contributed by atoms with Crippen LogP contribution in [0.15, 0.2) is 42.6 Å². The molecule has 1 aromatic carbocycles. The highest BCUT2D eigenvalue weighted by Crippen LogP contribution is 2.20. The summed E-state index contributed by atoms with van der Waals surface area (Å²) in [5.41, 5.74) is 1.25. The Bertz CT molecular complexity index is 377. The second-order valence-corrected chi connectivity index (χ2v) is 4.73. The molecule has 1 fully saturated rings. The summed E-state index contributed by atoms with van der Waals surface area (Å²) < 4.78 is 1.15. The Balaban J connectivity index is 1.82. The van der Waals surface area contributed by atoms with Crippen molar-refractivity contribution in [2.75, 3.05) is 0 Å². The van der Waals surface area contributed by atoms with Crippen molar-refractivity contribution in [3.8, 4) is 0 Å². The molecule has 0 amide bonds. The van der Waals surface area contributed by atoms with Crippen molar-refractivity contribution in [3.05, 3.63) is 53.1 Å². The maximum Gasteiger partial charge on any atom is 0.217 e. The first kappa shape index (κ1) is 12.0. The van der Waals surface area contributed by atoms with Crippen LogP contribution < -0.4 is 0 Å². The lowest BCUT2D eigenvalue weighted by atomic mass is 9.95. The molecule has 2 nitrogen and oxygen atoms in total. The third-order valence-corrected chi connectivity index (χ3v) is 3.38. The largest absolute Gasteiger partial charge is 0.217 e. The minimum Gasteiger partial charge on any atom is -0.0622 e. The van der Waals surface area contributed by atoms with Gasteiger partial charge in [-0.3, -0.25) is 0 Å². The van der Waals surface area contributed by atoms with Crippen molar-refractivity contribution in [1.29, 1.82) is 0 Å². The lowest BCUT2D eigenvalue weighted by Gasteiger charge is -2.12. The summed E-state index contributed by atoms with van der Waals surface area (Å²) in [5.74, 6) is 0. The summed E-state index contributed by atoms with van der Waals surface area (Å²) in [4.78, 5) is 11.8. The van der Waals surface area contributed by atoms with Crippen LogP contribution in [0.5, 0.6) is 0 Å². The molecule has 0 aliphatic heterocycles. The highest BCUT2D eigenvalue weighted by Gasteiger charge is 2.25. The highest BCUT2D eigenvalue weighted by atomic mass is 16.3. The standard InChI is InChI=1S/C15H20NO/c17-16(15-11-5-2-6-12-15)13-7-10-14-8-3-1-4-9-14/h1,3-4,7-9,13,15H,2,5-6,10-12H2/q+1/b13-7+. The van der Waals surface area contributed by atoms with E-state index < -0.39 is 0 Å². The third kappa shape index (κ3) is 3.81. The van der Waals surface area contributed by atoms with Gasteiger partial charge in [0, 0.05) is 22.5 Å². The van der Waals surface area contributed by atoms with Crippen molar-refractivity contribution in [2.24, 2.45) is 0 Å². The average Bonchev–Trinajstić information content (AvgIpc) is 2.41. The average molecular weight is 230 g/mol. The second-order valence-electron chi connectivity index (χ2n) is 4.73. The van der Waals surface area contributed by atoms with Crippen molar-refractivity contribution < 1.29 is 4.76 Å². The van der Waals surface area contributed by atoms with Gasteiger partial charge >= 0.3 is 0 Å². The lowest BCUT2D eigenvalue weighted by Crippen LogP contribution is -2.22. The minimum atomic E-state index is 0.218. The fourth-order valence-corrected chi connectivity index (χ4v) is 2.36. The van der Waals surface area contributed by atoms with Crippen LogP contribution in [0.2, 0.25) is 0 Å². The molecule has 1 aliphatic rings. The Morgan fingerprint density at radius 3 is 2.53 bits per heavy atom. The first-order valence-corrected chi connectivity index (χ1v) is 6.52. The van der Waals surface area contributed by atoms with Crippen molar-refractivity contribution in [2.45, 2.75) is 44.6 Å². The molecule has 1 aromatic rings. The van der Waals surface area contributed by atoms with Crippen LogP contribution in [0.4, 0.5) is 0 Å². The SMILES string of the molecule is O=[N+](/C=C/Cc1ccccc1)C1CCCCC1. The number of hydrogen-bond donors (Lipinski definition) is 0. The molecule has 0 spiro atoms. The molecule has 0 atom stereocenters. The zero-order chi connectivity index (χ0) is 11.9. The Labute approximate surface area is 103 Å². The molecule has 1 saturated carbocycles. The zero-order valence-corrected chi connectivity index (χ0v) is 10.2. The number of benzene rings is 1. The Hall–Kier alpha value is -1.44. The predicted molar refractivity (Wildman–Crippen MR) is 69.8 cm³/mol. The van der Waals surface area contributed by atoms with E-state index in [1.54, 1.807) is 6.20 Å². The van der Waals surface area contributed by atoms with E-state index >= 15 is 0 Å². The van der Waals surface area contributed by atoms with Crippen LogP contribution in [0.3, 0.4) is 0 Å². The molecule has 0 N–H and O–H groups in total. The van der Waals surface area contributed by atoms with Gasteiger partial charge in [0.1, 0.15) is 0 Å². The van der Waals surface area contributed by atoms with E-state index in [9.17, 15) is 4.91 Å². The predicted octanol–water partition coefficient (Wildman–Crippen LogP) is 3.85. The summed E-state index contributed by atoms with van der Waals surface area (Å²) in [6, 6.07) is 10.4. The van der Waals surface area contributed by atoms with Crippen LogP contribution in [0.1, 0.15) is 37.7 Å². The topological polar surface area (TPSA) is 20.1 Å². The van der Waals surface area contributed by atoms with E-state index in [-0.39, 0.29) is 6.04 Å². The molecule has 0 aromatic heterocycles. The Kier molecular flexibility index (Phi) is 4.48. The molecule has 0 unspecified atom stereocenters. The number of hydrogen-bond acceptors (Lipinski definition) is 1. The summed E-state index contributed by atoms with van der Waals surface area (Å²) in [6.45, 7) is 0. The first-order chi connectivity index (χ1) is 8.36. The normalized spacial score (nSPS) is 17.4. The summed E-state index contributed by atoms with van der Waals surface area (Å²) in [6.07, 6.45) is 10.3. The van der Waals surface area contributed by atoms with Gasteiger partial charge in [-0.15, -0.1) is 0 Å². The van der Waals surface area contributed by atoms with Gasteiger partial charge in [0.2, 0.25) is 12.2 Å². The minimum absolute atomic E-state index is 0.218. The molecular formula is C15H20NO+. The summed E-state index contributed by atoms with van der Waals surface area (Å²) in [5, 5.41) is 0. The van der Waals surface area contributed by atoms with Gasteiger partial charge in [-0.05, 0) is 30.9 Å². The molecule has 0 heterocycles. The first-order valence-electron chi connectivity index (χ1n) is 6.52. The van der Waals surface area contributed by atoms with Gasteiger partial charge in [-0.1, -0.05) is 36.8 Å². The third-order valence-electron chi connectivity index (χ3n) is 3.38. The quantitative estimate of drug-likeness (QED) is 0.719. The molecular weight excluding hydrogens is 210 g/mol. The monoisotopic (exact) mass is 230 g/mol. The molecule has 1 aliphatic carbocycles. The smallest absolute Gasteiger partial charge is 0.0622 e. The number of rotatable bonds is 4. The molecule has 2 heteroatoms. The number of allylic oxidation sites excluding steroid dienone is 1. The summed E-state index contributed by atoms with van der Waals surface area (Å²) >= 11 is 0. The fourth-order valence-electron chi connectivity index (χ4n) is 2.36. The maximum atomic E-state index is 11.8. The molecule has 17 heavy (non-hydrogen) atoms. The van der Waals surface area contributed by atoms with Crippen LogP contribution in [0, 0.1) is 4.91 Å². The molecule has 2 rings (SSSR count). The van der Waals surface area contributed by atoms with E-state index in [0.717, 1.165) is 24.0 Å². The highest BCUT2D eigenvalue weighted by molar-refractivity contribution is 5.16. The van der Waals surface area contributed by atoms with Crippen molar-refractivity contribution in [3.63, 3.8) is 0 Å². The number of nitrogens with zero attached hydrogens (tertiary/aromatic N) is 1. The Morgan fingerprint density at radius 1 is 1.12 bits per heavy atom. The second kappa shape index (κ2) is 6.33. The lowest BCUT2D eigenvalue weighted by molar-refractivity contribution is -0.525. The van der Waals surface area contributed by atoms with E-state index in [1.807, 2.05) is 24.3 Å². The zero-order valence-electron chi connectivity index (χ0n) is 10.2. The van der Waals surface area contributed by atoms with E-state index in [2.05, 4.69) is 12.1 Å². The van der Waals surface area contributed by atoms with Crippen molar-refractivity contribution >= 4 is 0 Å². The van der Waals surface area contributed by atoms with Gasteiger partial charge in [0.25, 0.3) is 0 Å². The molecule has 0 saturated heterocycles. The maximum absolute atomic E-state index is 11.8. The van der Waals surface area contributed by atoms with Crippen LogP contribution in [0.25, 0.3) is 0 Å². The van der Waals surface area contributed by atoms with Crippen LogP contribution in [-0.2, 0) is 6.42 Å². The van der Waals surface area contributed by atoms with Gasteiger partial charge in [0.05, 0.1) is 0 Å². The van der Waals surface area contributed by atoms with E-state index in [1.165, 1.54) is 24.8 Å². The van der Waals surface area contributed by atoms with Gasteiger partial charge in [-0.25, -0.2) is 0 Å². The molecule has 90 valence electrons. The van der Waals surface area contributed by atoms with Gasteiger partial charge < -0.3 is 0 Å².